The van der Waals surface area contributed by atoms with Crippen LogP contribution in [-0.2, 0) is 16.4 Å². The Morgan fingerprint density at radius 2 is 1.76 bits per heavy atom. The van der Waals surface area contributed by atoms with E-state index in [1.165, 1.54) is 12.1 Å². The van der Waals surface area contributed by atoms with Gasteiger partial charge in [0.15, 0.2) is 9.84 Å². The van der Waals surface area contributed by atoms with E-state index in [9.17, 15) is 17.6 Å². The Bertz CT molecular complexity index is 866. The molecule has 1 amide bonds. The topological polar surface area (TPSA) is 54.5 Å². The van der Waals surface area contributed by atoms with Crippen molar-refractivity contribution in [1.29, 1.82) is 0 Å². The fraction of sp³-hybridized carbons (Fsp3) is 0.278. The van der Waals surface area contributed by atoms with Crippen molar-refractivity contribution in [2.24, 2.45) is 0 Å². The average molecular weight is 426 g/mol. The summed E-state index contributed by atoms with van der Waals surface area (Å²) in [7, 11) is -3.12. The van der Waals surface area contributed by atoms with Crippen molar-refractivity contribution in [3.63, 3.8) is 0 Å². The molecule has 1 fully saturated rings. The van der Waals surface area contributed by atoms with Crippen LogP contribution in [0.15, 0.2) is 53.0 Å². The number of amides is 1. The summed E-state index contributed by atoms with van der Waals surface area (Å²) in [4.78, 5) is 14.6. The highest BCUT2D eigenvalue weighted by molar-refractivity contribution is 9.10. The standard InChI is InChI=1S/C18H17BrFNO3S/c19-15-5-3-14(4-6-15)18(22)21(17-9-10-25(23,24)12-17)11-13-1-7-16(20)8-2-13/h1-8,17H,9-12H2/t17-/m1/s1. The molecule has 0 saturated carbocycles. The van der Waals surface area contributed by atoms with Crippen molar-refractivity contribution in [1.82, 2.24) is 4.90 Å². The van der Waals surface area contributed by atoms with E-state index >= 15 is 0 Å². The molecule has 0 N–H and O–H groups in total. The molecule has 1 atom stereocenters. The monoisotopic (exact) mass is 425 g/mol. The predicted octanol–water partition coefficient (Wildman–Crippen LogP) is 3.42. The first-order chi connectivity index (χ1) is 11.8. The van der Waals surface area contributed by atoms with Gasteiger partial charge in [-0.1, -0.05) is 28.1 Å². The molecular formula is C18H17BrFNO3S. The predicted molar refractivity (Wildman–Crippen MR) is 97.5 cm³/mol. The van der Waals surface area contributed by atoms with E-state index in [4.69, 9.17) is 0 Å². The lowest BCUT2D eigenvalue weighted by Crippen LogP contribution is -2.40. The highest BCUT2D eigenvalue weighted by Gasteiger charge is 2.35. The van der Waals surface area contributed by atoms with E-state index in [0.29, 0.717) is 12.0 Å². The van der Waals surface area contributed by atoms with Gasteiger partial charge in [0.1, 0.15) is 5.82 Å². The van der Waals surface area contributed by atoms with Gasteiger partial charge in [0, 0.05) is 22.6 Å². The maximum atomic E-state index is 13.1. The molecule has 7 heteroatoms. The van der Waals surface area contributed by atoms with Crippen LogP contribution in [0.4, 0.5) is 4.39 Å². The lowest BCUT2D eigenvalue weighted by molar-refractivity contribution is 0.0681. The van der Waals surface area contributed by atoms with E-state index < -0.39 is 9.84 Å². The van der Waals surface area contributed by atoms with Crippen LogP contribution in [0.25, 0.3) is 0 Å². The summed E-state index contributed by atoms with van der Waals surface area (Å²) in [5, 5.41) is 0. The summed E-state index contributed by atoms with van der Waals surface area (Å²) >= 11 is 3.33. The van der Waals surface area contributed by atoms with Gasteiger partial charge in [-0.05, 0) is 48.4 Å². The van der Waals surface area contributed by atoms with Gasteiger partial charge in [-0.15, -0.1) is 0 Å². The number of nitrogens with zero attached hydrogens (tertiary/aromatic N) is 1. The molecule has 1 aliphatic heterocycles. The van der Waals surface area contributed by atoms with Gasteiger partial charge >= 0.3 is 0 Å². The third kappa shape index (κ3) is 4.46. The lowest BCUT2D eigenvalue weighted by Gasteiger charge is -2.28. The Hall–Kier alpha value is -1.73. The van der Waals surface area contributed by atoms with Crippen molar-refractivity contribution in [3.8, 4) is 0 Å². The summed E-state index contributed by atoms with van der Waals surface area (Å²) < 4.78 is 37.7. The Kier molecular flexibility index (Phi) is 5.24. The van der Waals surface area contributed by atoms with Crippen LogP contribution in [0.3, 0.4) is 0 Å². The fourth-order valence-corrected chi connectivity index (χ4v) is 4.93. The Morgan fingerprint density at radius 1 is 1.12 bits per heavy atom. The first kappa shape index (κ1) is 18.1. The third-order valence-corrected chi connectivity index (χ3v) is 6.55. The third-order valence-electron chi connectivity index (χ3n) is 4.27. The lowest BCUT2D eigenvalue weighted by atomic mass is 10.1. The Balaban J connectivity index is 1.89. The Labute approximate surface area is 154 Å². The van der Waals surface area contributed by atoms with Gasteiger partial charge in [0.2, 0.25) is 0 Å². The summed E-state index contributed by atoms with van der Waals surface area (Å²) in [6.07, 6.45) is 0.422. The molecule has 0 unspecified atom stereocenters. The number of carbonyl (C=O) groups is 1. The summed E-state index contributed by atoms with van der Waals surface area (Å²) in [6.45, 7) is 0.245. The number of hydrogen-bond acceptors (Lipinski definition) is 3. The summed E-state index contributed by atoms with van der Waals surface area (Å²) in [6, 6.07) is 12.5. The van der Waals surface area contributed by atoms with Crippen molar-refractivity contribution < 1.29 is 17.6 Å². The van der Waals surface area contributed by atoms with E-state index in [1.54, 1.807) is 41.3 Å². The van der Waals surface area contributed by atoms with Crippen molar-refractivity contribution in [2.45, 2.75) is 19.0 Å². The molecule has 0 radical (unpaired) electrons. The molecule has 0 aliphatic carbocycles. The molecule has 3 rings (SSSR count). The van der Waals surface area contributed by atoms with Crippen molar-refractivity contribution >= 4 is 31.7 Å². The number of benzene rings is 2. The molecule has 1 saturated heterocycles. The molecule has 2 aromatic rings. The van der Waals surface area contributed by atoms with Crippen LogP contribution in [0.2, 0.25) is 0 Å². The highest BCUT2D eigenvalue weighted by atomic mass is 79.9. The van der Waals surface area contributed by atoms with Crippen LogP contribution in [0.1, 0.15) is 22.3 Å². The second kappa shape index (κ2) is 7.25. The van der Waals surface area contributed by atoms with Crippen molar-refractivity contribution in [2.75, 3.05) is 11.5 Å². The van der Waals surface area contributed by atoms with Crippen molar-refractivity contribution in [3.05, 3.63) is 69.9 Å². The first-order valence-electron chi connectivity index (χ1n) is 7.85. The molecule has 1 heterocycles. The van der Waals surface area contributed by atoms with Gasteiger partial charge in [-0.3, -0.25) is 4.79 Å². The highest BCUT2D eigenvalue weighted by Crippen LogP contribution is 2.23. The van der Waals surface area contributed by atoms with Gasteiger partial charge < -0.3 is 4.90 Å². The van der Waals surface area contributed by atoms with Crippen LogP contribution in [0.5, 0.6) is 0 Å². The molecule has 132 valence electrons. The minimum absolute atomic E-state index is 0.0313. The summed E-state index contributed by atoms with van der Waals surface area (Å²) in [5.74, 6) is -0.515. The van der Waals surface area contributed by atoms with Gasteiger partial charge in [-0.25, -0.2) is 12.8 Å². The second-order valence-corrected chi connectivity index (χ2v) is 9.27. The minimum Gasteiger partial charge on any atom is -0.330 e. The summed E-state index contributed by atoms with van der Waals surface area (Å²) in [5.41, 5.74) is 1.26. The van der Waals surface area contributed by atoms with Gasteiger partial charge in [0.05, 0.1) is 11.5 Å². The zero-order valence-electron chi connectivity index (χ0n) is 13.4. The molecular weight excluding hydrogens is 409 g/mol. The Morgan fingerprint density at radius 3 is 2.32 bits per heavy atom. The van der Waals surface area contributed by atoms with Crippen LogP contribution < -0.4 is 0 Å². The quantitative estimate of drug-likeness (QED) is 0.753. The molecule has 0 spiro atoms. The maximum Gasteiger partial charge on any atom is 0.254 e. The number of rotatable bonds is 4. The molecule has 1 aliphatic rings. The molecule has 0 aromatic heterocycles. The number of hydrogen-bond donors (Lipinski definition) is 0. The molecule has 0 bridgehead atoms. The van der Waals surface area contributed by atoms with Crippen LogP contribution >= 0.6 is 15.9 Å². The smallest absolute Gasteiger partial charge is 0.254 e. The van der Waals surface area contributed by atoms with Gasteiger partial charge in [0.25, 0.3) is 5.91 Å². The normalized spacial score (nSPS) is 18.9. The fourth-order valence-electron chi connectivity index (χ4n) is 2.93. The first-order valence-corrected chi connectivity index (χ1v) is 10.5. The van der Waals surface area contributed by atoms with E-state index in [0.717, 1.165) is 10.0 Å². The average Bonchev–Trinajstić information content (AvgIpc) is 2.94. The SMILES string of the molecule is O=C(c1ccc(Br)cc1)N(Cc1ccc(F)cc1)[C@@H]1CCS(=O)(=O)C1. The molecule has 2 aromatic carbocycles. The number of halogens is 2. The van der Waals surface area contributed by atoms with E-state index in [-0.39, 0.29) is 35.8 Å². The number of sulfone groups is 1. The number of carbonyl (C=O) groups excluding carboxylic acids is 1. The second-order valence-electron chi connectivity index (χ2n) is 6.12. The zero-order chi connectivity index (χ0) is 18.0. The van der Waals surface area contributed by atoms with Crippen LogP contribution in [0, 0.1) is 5.82 Å². The minimum atomic E-state index is -3.12. The maximum absolute atomic E-state index is 13.1. The largest absolute Gasteiger partial charge is 0.330 e. The van der Waals surface area contributed by atoms with Gasteiger partial charge in [-0.2, -0.15) is 0 Å². The molecule has 4 nitrogen and oxygen atoms in total. The van der Waals surface area contributed by atoms with E-state index in [2.05, 4.69) is 15.9 Å². The van der Waals surface area contributed by atoms with Crippen LogP contribution in [-0.4, -0.2) is 36.8 Å². The zero-order valence-corrected chi connectivity index (χ0v) is 15.8. The van der Waals surface area contributed by atoms with E-state index in [1.807, 2.05) is 0 Å². The molecule has 25 heavy (non-hydrogen) atoms.